The number of nitrogens with one attached hydrogen (secondary N) is 1. The third-order valence-electron chi connectivity index (χ3n) is 3.97. The Morgan fingerprint density at radius 2 is 2.18 bits per heavy atom. The van der Waals surface area contributed by atoms with Crippen molar-refractivity contribution >= 4 is 11.3 Å². The van der Waals surface area contributed by atoms with Gasteiger partial charge in [0.05, 0.1) is 5.01 Å². The van der Waals surface area contributed by atoms with Crippen LogP contribution in [0.25, 0.3) is 0 Å². The molecule has 1 aromatic rings. The first-order valence-corrected chi connectivity index (χ1v) is 7.79. The fraction of sp³-hybridized carbons (Fsp3) is 0.786. The van der Waals surface area contributed by atoms with Crippen LogP contribution < -0.4 is 5.32 Å². The van der Waals surface area contributed by atoms with Gasteiger partial charge in [-0.25, -0.2) is 4.98 Å². The van der Waals surface area contributed by atoms with Crippen molar-refractivity contribution in [3.05, 3.63) is 16.6 Å². The van der Waals surface area contributed by atoms with Crippen molar-refractivity contribution < 1.29 is 0 Å². The van der Waals surface area contributed by atoms with E-state index in [1.54, 1.807) is 11.3 Å². The average Bonchev–Trinajstić information content (AvgIpc) is 2.82. The van der Waals surface area contributed by atoms with E-state index in [4.69, 9.17) is 0 Å². The maximum atomic E-state index is 4.43. The van der Waals surface area contributed by atoms with Crippen LogP contribution in [0.15, 0.2) is 11.6 Å². The maximum Gasteiger partial charge on any atom is 0.0940 e. The number of nitrogens with zero attached hydrogens (tertiary/aromatic N) is 1. The minimum atomic E-state index is 0.638. The van der Waals surface area contributed by atoms with Gasteiger partial charge in [-0.1, -0.05) is 26.7 Å². The Labute approximate surface area is 109 Å². The highest BCUT2D eigenvalue weighted by molar-refractivity contribution is 7.09. The van der Waals surface area contributed by atoms with Gasteiger partial charge in [-0.2, -0.15) is 0 Å². The molecule has 96 valence electrons. The summed E-state index contributed by atoms with van der Waals surface area (Å²) in [7, 11) is 0. The van der Waals surface area contributed by atoms with Crippen LogP contribution in [0.5, 0.6) is 0 Å². The summed E-state index contributed by atoms with van der Waals surface area (Å²) in [6.45, 7) is 5.67. The van der Waals surface area contributed by atoms with E-state index in [1.165, 1.54) is 30.7 Å². The van der Waals surface area contributed by atoms with Gasteiger partial charge in [0.25, 0.3) is 0 Å². The predicted molar refractivity (Wildman–Crippen MR) is 74.4 cm³/mol. The molecule has 1 unspecified atom stereocenters. The molecule has 2 nitrogen and oxygen atoms in total. The van der Waals surface area contributed by atoms with Crippen molar-refractivity contribution in [2.75, 3.05) is 6.54 Å². The van der Waals surface area contributed by atoms with Crippen LogP contribution in [0.3, 0.4) is 0 Å². The van der Waals surface area contributed by atoms with Crippen molar-refractivity contribution in [2.45, 2.75) is 52.0 Å². The van der Waals surface area contributed by atoms with Crippen LogP contribution in [-0.4, -0.2) is 17.6 Å². The normalized spacial score (nSPS) is 26.9. The zero-order chi connectivity index (χ0) is 12.1. The van der Waals surface area contributed by atoms with Gasteiger partial charge in [0.1, 0.15) is 0 Å². The van der Waals surface area contributed by atoms with E-state index < -0.39 is 0 Å². The molecule has 0 amide bonds. The quantitative estimate of drug-likeness (QED) is 0.867. The van der Waals surface area contributed by atoms with E-state index in [0.717, 1.165) is 24.8 Å². The topological polar surface area (TPSA) is 24.9 Å². The molecule has 1 saturated carbocycles. The van der Waals surface area contributed by atoms with E-state index in [9.17, 15) is 0 Å². The smallest absolute Gasteiger partial charge is 0.0940 e. The average molecular weight is 252 g/mol. The van der Waals surface area contributed by atoms with Gasteiger partial charge in [-0.3, -0.25) is 0 Å². The van der Waals surface area contributed by atoms with Crippen molar-refractivity contribution in [3.8, 4) is 0 Å². The molecule has 0 bridgehead atoms. The fourth-order valence-electron chi connectivity index (χ4n) is 2.90. The van der Waals surface area contributed by atoms with Crippen molar-refractivity contribution in [1.82, 2.24) is 10.3 Å². The molecule has 17 heavy (non-hydrogen) atoms. The van der Waals surface area contributed by atoms with Crippen molar-refractivity contribution in [3.63, 3.8) is 0 Å². The summed E-state index contributed by atoms with van der Waals surface area (Å²) in [5.41, 5.74) is 0. The van der Waals surface area contributed by atoms with Gasteiger partial charge in [-0.05, 0) is 31.2 Å². The summed E-state index contributed by atoms with van der Waals surface area (Å²) in [6, 6.07) is 0.638. The van der Waals surface area contributed by atoms with Crippen LogP contribution >= 0.6 is 11.3 Å². The third kappa shape index (κ3) is 3.78. The Hall–Kier alpha value is -0.410. The summed E-state index contributed by atoms with van der Waals surface area (Å²) in [6.07, 6.45) is 8.64. The van der Waals surface area contributed by atoms with E-state index in [1.807, 2.05) is 6.20 Å². The van der Waals surface area contributed by atoms with Gasteiger partial charge >= 0.3 is 0 Å². The first kappa shape index (κ1) is 13.0. The van der Waals surface area contributed by atoms with Crippen LogP contribution in [0.4, 0.5) is 0 Å². The minimum Gasteiger partial charge on any atom is -0.314 e. The molecular weight excluding hydrogens is 228 g/mol. The van der Waals surface area contributed by atoms with Gasteiger partial charge in [0.2, 0.25) is 0 Å². The van der Waals surface area contributed by atoms with Gasteiger partial charge in [0.15, 0.2) is 0 Å². The minimum absolute atomic E-state index is 0.638. The number of thiazole rings is 1. The molecular formula is C14H24N2S. The second-order valence-corrected chi connectivity index (χ2v) is 6.29. The lowest BCUT2D eigenvalue weighted by atomic mass is 9.78. The molecule has 0 radical (unpaired) electrons. The molecule has 0 saturated heterocycles. The molecule has 1 aliphatic carbocycles. The maximum absolute atomic E-state index is 4.43. The highest BCUT2D eigenvalue weighted by Gasteiger charge is 2.26. The molecule has 2 rings (SSSR count). The summed E-state index contributed by atoms with van der Waals surface area (Å²) >= 11 is 1.79. The number of hydrogen-bond acceptors (Lipinski definition) is 3. The standard InChI is InChI=1S/C14H24N2S/c1-3-15-13(10-14-16-8-9-17-14)12-6-4-11(2)5-7-12/h8-9,11-13,15H,3-7,10H2,1-2H3. The highest BCUT2D eigenvalue weighted by Crippen LogP contribution is 2.31. The largest absolute Gasteiger partial charge is 0.314 e. The lowest BCUT2D eigenvalue weighted by Crippen LogP contribution is -2.39. The molecule has 0 aliphatic heterocycles. The molecule has 1 atom stereocenters. The summed E-state index contributed by atoms with van der Waals surface area (Å²) in [4.78, 5) is 4.43. The summed E-state index contributed by atoms with van der Waals surface area (Å²) in [5, 5.41) is 7.04. The van der Waals surface area contributed by atoms with E-state index in [2.05, 4.69) is 29.5 Å². The zero-order valence-electron chi connectivity index (χ0n) is 11.0. The Morgan fingerprint density at radius 3 is 2.76 bits per heavy atom. The first-order chi connectivity index (χ1) is 8.29. The third-order valence-corrected chi connectivity index (χ3v) is 4.78. The lowest BCUT2D eigenvalue weighted by Gasteiger charge is -2.33. The van der Waals surface area contributed by atoms with Crippen LogP contribution in [-0.2, 0) is 6.42 Å². The van der Waals surface area contributed by atoms with Crippen molar-refractivity contribution in [1.29, 1.82) is 0 Å². The number of hydrogen-bond donors (Lipinski definition) is 1. The predicted octanol–water partition coefficient (Wildman–Crippen LogP) is 3.49. The van der Waals surface area contributed by atoms with Crippen molar-refractivity contribution in [2.24, 2.45) is 11.8 Å². The van der Waals surface area contributed by atoms with E-state index >= 15 is 0 Å². The molecule has 1 N–H and O–H groups in total. The number of rotatable bonds is 5. The molecule has 3 heteroatoms. The SMILES string of the molecule is CCNC(Cc1nccs1)C1CCC(C)CC1. The van der Waals surface area contributed by atoms with Crippen LogP contribution in [0.1, 0.15) is 44.5 Å². The van der Waals surface area contributed by atoms with Crippen LogP contribution in [0.2, 0.25) is 0 Å². The zero-order valence-corrected chi connectivity index (χ0v) is 11.8. The Kier molecular flexibility index (Phi) is 4.99. The van der Waals surface area contributed by atoms with Crippen LogP contribution in [0, 0.1) is 11.8 Å². The molecule has 1 heterocycles. The second kappa shape index (κ2) is 6.50. The highest BCUT2D eigenvalue weighted by atomic mass is 32.1. The Bertz CT molecular complexity index is 302. The molecule has 1 aromatic heterocycles. The lowest BCUT2D eigenvalue weighted by molar-refractivity contribution is 0.230. The van der Waals surface area contributed by atoms with Gasteiger partial charge < -0.3 is 5.32 Å². The molecule has 0 aromatic carbocycles. The molecule has 1 fully saturated rings. The van der Waals surface area contributed by atoms with Gasteiger partial charge in [0, 0.05) is 24.0 Å². The van der Waals surface area contributed by atoms with E-state index in [0.29, 0.717) is 6.04 Å². The van der Waals surface area contributed by atoms with E-state index in [-0.39, 0.29) is 0 Å². The number of likely N-dealkylation sites (N-methyl/N-ethyl adjacent to an activating group) is 1. The first-order valence-electron chi connectivity index (χ1n) is 6.91. The Balaban J connectivity index is 1.92. The molecule has 1 aliphatic rings. The van der Waals surface area contributed by atoms with Gasteiger partial charge in [-0.15, -0.1) is 11.3 Å². The molecule has 0 spiro atoms. The number of aromatic nitrogens is 1. The second-order valence-electron chi connectivity index (χ2n) is 5.31. The summed E-state index contributed by atoms with van der Waals surface area (Å²) < 4.78 is 0. The monoisotopic (exact) mass is 252 g/mol. The summed E-state index contributed by atoms with van der Waals surface area (Å²) in [5.74, 6) is 1.79. The Morgan fingerprint density at radius 1 is 1.41 bits per heavy atom. The fourth-order valence-corrected chi connectivity index (χ4v) is 3.57.